The van der Waals surface area contributed by atoms with Crippen LogP contribution in [0.2, 0.25) is 0 Å². The van der Waals surface area contributed by atoms with Gasteiger partial charge < -0.3 is 15.3 Å². The number of rotatable bonds is 2. The molecule has 0 aliphatic carbocycles. The van der Waals surface area contributed by atoms with Crippen LogP contribution in [0.25, 0.3) is 0 Å². The van der Waals surface area contributed by atoms with Crippen LogP contribution in [0.15, 0.2) is 18.2 Å². The molecule has 0 radical (unpaired) electrons. The second-order valence-electron chi connectivity index (χ2n) is 4.80. The number of urea groups is 1. The highest BCUT2D eigenvalue weighted by Crippen LogP contribution is 2.21. The third kappa shape index (κ3) is 3.07. The van der Waals surface area contributed by atoms with Crippen molar-refractivity contribution in [2.45, 2.75) is 19.9 Å². The standard InChI is InChI=1S/C14H18N2O3S/c1-9-4-3-5-11(10(9)2)15-14(19)16-6-7-20-8-12(16)13(17)18/h3-5,12H,6-8H2,1-2H3,(H,15,19)(H,17,18). The van der Waals surface area contributed by atoms with Crippen LogP contribution in [-0.4, -0.2) is 46.1 Å². The van der Waals surface area contributed by atoms with E-state index in [1.54, 1.807) is 11.8 Å². The number of benzene rings is 1. The lowest BCUT2D eigenvalue weighted by atomic mass is 10.1. The number of nitrogens with one attached hydrogen (secondary N) is 1. The normalized spacial score (nSPS) is 18.7. The van der Waals surface area contributed by atoms with Gasteiger partial charge in [-0.2, -0.15) is 11.8 Å². The van der Waals surface area contributed by atoms with E-state index in [1.807, 2.05) is 32.0 Å². The minimum Gasteiger partial charge on any atom is -0.480 e. The van der Waals surface area contributed by atoms with Crippen LogP contribution in [0, 0.1) is 13.8 Å². The third-order valence-corrected chi connectivity index (χ3v) is 4.54. The van der Waals surface area contributed by atoms with Gasteiger partial charge in [0.1, 0.15) is 6.04 Å². The molecule has 1 aromatic rings. The number of anilines is 1. The van der Waals surface area contributed by atoms with Gasteiger partial charge in [-0.05, 0) is 31.0 Å². The highest BCUT2D eigenvalue weighted by atomic mass is 32.2. The van der Waals surface area contributed by atoms with Gasteiger partial charge in [-0.25, -0.2) is 9.59 Å². The molecule has 2 rings (SSSR count). The van der Waals surface area contributed by atoms with Crippen molar-refractivity contribution in [3.05, 3.63) is 29.3 Å². The molecule has 1 fully saturated rings. The van der Waals surface area contributed by atoms with Crippen molar-refractivity contribution in [3.63, 3.8) is 0 Å². The quantitative estimate of drug-likeness (QED) is 0.878. The van der Waals surface area contributed by atoms with E-state index < -0.39 is 12.0 Å². The van der Waals surface area contributed by atoms with Crippen LogP contribution in [0.5, 0.6) is 0 Å². The Kier molecular flexibility index (Phi) is 4.54. The van der Waals surface area contributed by atoms with Crippen LogP contribution in [-0.2, 0) is 4.79 Å². The van der Waals surface area contributed by atoms with Gasteiger partial charge in [-0.15, -0.1) is 0 Å². The van der Waals surface area contributed by atoms with Crippen LogP contribution >= 0.6 is 11.8 Å². The molecule has 108 valence electrons. The molecule has 0 aromatic heterocycles. The zero-order chi connectivity index (χ0) is 14.7. The summed E-state index contributed by atoms with van der Waals surface area (Å²) in [5.41, 5.74) is 2.82. The number of carbonyl (C=O) groups is 2. The Balaban J connectivity index is 2.14. The zero-order valence-corrected chi connectivity index (χ0v) is 12.4. The summed E-state index contributed by atoms with van der Waals surface area (Å²) in [4.78, 5) is 24.9. The molecule has 1 aliphatic heterocycles. The first-order valence-electron chi connectivity index (χ1n) is 6.45. The lowest BCUT2D eigenvalue weighted by molar-refractivity contribution is -0.141. The van der Waals surface area contributed by atoms with E-state index in [2.05, 4.69) is 5.32 Å². The van der Waals surface area contributed by atoms with Crippen molar-refractivity contribution < 1.29 is 14.7 Å². The topological polar surface area (TPSA) is 69.6 Å². The monoisotopic (exact) mass is 294 g/mol. The molecular formula is C14H18N2O3S. The molecule has 2 N–H and O–H groups in total. The van der Waals surface area contributed by atoms with E-state index >= 15 is 0 Å². The summed E-state index contributed by atoms with van der Waals surface area (Å²) < 4.78 is 0. The molecule has 5 nitrogen and oxygen atoms in total. The summed E-state index contributed by atoms with van der Waals surface area (Å²) >= 11 is 1.56. The summed E-state index contributed by atoms with van der Waals surface area (Å²) in [6.45, 7) is 4.37. The van der Waals surface area contributed by atoms with E-state index in [1.165, 1.54) is 4.90 Å². The minimum atomic E-state index is -0.951. The lowest BCUT2D eigenvalue weighted by Gasteiger charge is -2.32. The smallest absolute Gasteiger partial charge is 0.327 e. The molecule has 0 spiro atoms. The zero-order valence-electron chi connectivity index (χ0n) is 11.5. The second-order valence-corrected chi connectivity index (χ2v) is 5.95. The van der Waals surface area contributed by atoms with Crippen LogP contribution in [0.1, 0.15) is 11.1 Å². The van der Waals surface area contributed by atoms with Crippen molar-refractivity contribution >= 4 is 29.4 Å². The molecular weight excluding hydrogens is 276 g/mol. The fourth-order valence-electron chi connectivity index (χ4n) is 2.12. The number of carboxylic acid groups (broad SMARTS) is 1. The maximum atomic E-state index is 12.3. The minimum absolute atomic E-state index is 0.341. The van der Waals surface area contributed by atoms with Crippen molar-refractivity contribution in [3.8, 4) is 0 Å². The van der Waals surface area contributed by atoms with Gasteiger partial charge in [0.05, 0.1) is 0 Å². The highest BCUT2D eigenvalue weighted by Gasteiger charge is 2.32. The number of carbonyl (C=O) groups excluding carboxylic acids is 1. The van der Waals surface area contributed by atoms with Crippen LogP contribution < -0.4 is 5.32 Å². The molecule has 20 heavy (non-hydrogen) atoms. The molecule has 1 saturated heterocycles. The van der Waals surface area contributed by atoms with Crippen molar-refractivity contribution in [1.82, 2.24) is 4.90 Å². The fourth-order valence-corrected chi connectivity index (χ4v) is 3.16. The molecule has 1 aliphatic rings. The molecule has 1 atom stereocenters. The maximum absolute atomic E-state index is 12.3. The van der Waals surface area contributed by atoms with Gasteiger partial charge in [0.2, 0.25) is 0 Å². The predicted molar refractivity (Wildman–Crippen MR) is 80.4 cm³/mol. The number of thioether (sulfide) groups is 1. The van der Waals surface area contributed by atoms with Crippen molar-refractivity contribution in [2.75, 3.05) is 23.4 Å². The average Bonchev–Trinajstić information content (AvgIpc) is 2.43. The van der Waals surface area contributed by atoms with Crippen LogP contribution in [0.4, 0.5) is 10.5 Å². The van der Waals surface area contributed by atoms with Gasteiger partial charge in [-0.1, -0.05) is 12.1 Å². The van der Waals surface area contributed by atoms with Gasteiger partial charge in [0.15, 0.2) is 0 Å². The third-order valence-electron chi connectivity index (χ3n) is 3.52. The Hall–Kier alpha value is -1.69. The highest BCUT2D eigenvalue weighted by molar-refractivity contribution is 7.99. The largest absolute Gasteiger partial charge is 0.480 e. The first-order chi connectivity index (χ1) is 9.50. The maximum Gasteiger partial charge on any atom is 0.327 e. The van der Waals surface area contributed by atoms with Crippen LogP contribution in [0.3, 0.4) is 0 Å². The first-order valence-corrected chi connectivity index (χ1v) is 7.60. The average molecular weight is 294 g/mol. The molecule has 1 heterocycles. The SMILES string of the molecule is Cc1cccc(NC(=O)N2CCSCC2C(=O)O)c1C. The lowest BCUT2D eigenvalue weighted by Crippen LogP contribution is -2.51. The molecule has 0 bridgehead atoms. The number of carboxylic acids is 1. The Morgan fingerprint density at radius 2 is 2.15 bits per heavy atom. The molecule has 1 aromatic carbocycles. The van der Waals surface area contributed by atoms with E-state index in [9.17, 15) is 14.7 Å². The number of hydrogen-bond donors (Lipinski definition) is 2. The van der Waals surface area contributed by atoms with E-state index in [-0.39, 0.29) is 6.03 Å². The number of aliphatic carboxylic acids is 1. The van der Waals surface area contributed by atoms with Gasteiger partial charge in [0, 0.05) is 23.7 Å². The Labute approximate surface area is 122 Å². The van der Waals surface area contributed by atoms with Crippen molar-refractivity contribution in [2.24, 2.45) is 0 Å². The predicted octanol–water partition coefficient (Wildman–Crippen LogP) is 2.34. The van der Waals surface area contributed by atoms with Gasteiger partial charge in [-0.3, -0.25) is 0 Å². The Morgan fingerprint density at radius 1 is 1.40 bits per heavy atom. The molecule has 1 unspecified atom stereocenters. The number of aryl methyl sites for hydroxylation is 1. The first kappa shape index (κ1) is 14.7. The molecule has 0 saturated carbocycles. The fraction of sp³-hybridized carbons (Fsp3) is 0.429. The molecule has 6 heteroatoms. The summed E-state index contributed by atoms with van der Waals surface area (Å²) in [7, 11) is 0. The summed E-state index contributed by atoms with van der Waals surface area (Å²) in [5, 5.41) is 12.0. The number of nitrogens with zero attached hydrogens (tertiary/aromatic N) is 1. The number of amides is 2. The summed E-state index contributed by atoms with van der Waals surface area (Å²) in [6, 6.07) is 4.58. The van der Waals surface area contributed by atoms with E-state index in [4.69, 9.17) is 0 Å². The Bertz CT molecular complexity index is 533. The van der Waals surface area contributed by atoms with E-state index in [0.717, 1.165) is 22.6 Å². The van der Waals surface area contributed by atoms with E-state index in [0.29, 0.717) is 12.3 Å². The van der Waals surface area contributed by atoms with Gasteiger partial charge in [0.25, 0.3) is 0 Å². The number of hydrogen-bond acceptors (Lipinski definition) is 3. The summed E-state index contributed by atoms with van der Waals surface area (Å²) in [6.07, 6.45) is 0. The molecule has 2 amide bonds. The van der Waals surface area contributed by atoms with Crippen molar-refractivity contribution in [1.29, 1.82) is 0 Å². The second kappa shape index (κ2) is 6.17. The summed E-state index contributed by atoms with van der Waals surface area (Å²) in [5.74, 6) is 0.257. The Morgan fingerprint density at radius 3 is 2.85 bits per heavy atom. The van der Waals surface area contributed by atoms with Gasteiger partial charge >= 0.3 is 12.0 Å².